The summed E-state index contributed by atoms with van der Waals surface area (Å²) in [5.74, 6) is 0. The van der Waals surface area contributed by atoms with Crippen LogP contribution in [0.3, 0.4) is 0 Å². The fourth-order valence-corrected chi connectivity index (χ4v) is 6.44. The van der Waals surface area contributed by atoms with Crippen molar-refractivity contribution in [1.29, 1.82) is 0 Å². The molecule has 0 aliphatic carbocycles. The van der Waals surface area contributed by atoms with Crippen LogP contribution in [0.4, 0.5) is 0 Å². The molecule has 0 spiro atoms. The van der Waals surface area contributed by atoms with Crippen LogP contribution in [-0.4, -0.2) is 14.5 Å². The topological polar surface area (TPSA) is 30.7 Å². The molecule has 3 nitrogen and oxygen atoms in total. The van der Waals surface area contributed by atoms with Crippen molar-refractivity contribution in [3.8, 4) is 28.2 Å². The third kappa shape index (κ3) is 3.83. The average Bonchev–Trinajstić information content (AvgIpc) is 3.39. The molecule has 0 saturated heterocycles. The van der Waals surface area contributed by atoms with Gasteiger partial charge in [0.1, 0.15) is 0 Å². The summed E-state index contributed by atoms with van der Waals surface area (Å²) < 4.78 is 2.37. The van der Waals surface area contributed by atoms with Crippen LogP contribution in [0.5, 0.6) is 0 Å². The van der Waals surface area contributed by atoms with Crippen LogP contribution < -0.4 is 0 Å². The zero-order chi connectivity index (χ0) is 28.3. The van der Waals surface area contributed by atoms with Crippen molar-refractivity contribution in [1.82, 2.24) is 14.5 Å². The second-order valence-corrected chi connectivity index (χ2v) is 11.1. The highest BCUT2D eigenvalue weighted by molar-refractivity contribution is 6.13. The molecule has 0 unspecified atom stereocenters. The Kier molecular flexibility index (Phi) is 5.20. The van der Waals surface area contributed by atoms with Crippen LogP contribution in [0.25, 0.3) is 82.6 Å². The van der Waals surface area contributed by atoms with E-state index in [1.807, 2.05) is 24.3 Å². The minimum Gasteiger partial charge on any atom is -0.309 e. The predicted octanol–water partition coefficient (Wildman–Crippen LogP) is 10.4. The fourth-order valence-electron chi connectivity index (χ4n) is 6.44. The molecule has 200 valence electrons. The van der Waals surface area contributed by atoms with Gasteiger partial charge in [-0.3, -0.25) is 0 Å². The Morgan fingerprint density at radius 3 is 1.67 bits per heavy atom. The van der Waals surface area contributed by atoms with Gasteiger partial charge in [-0.2, -0.15) is 0 Å². The zero-order valence-corrected chi connectivity index (χ0v) is 23.3. The zero-order valence-electron chi connectivity index (χ0n) is 23.3. The van der Waals surface area contributed by atoms with Gasteiger partial charge in [-0.05, 0) is 70.1 Å². The van der Waals surface area contributed by atoms with Gasteiger partial charge in [0, 0.05) is 27.6 Å². The number of nitrogens with zero attached hydrogens (tertiary/aromatic N) is 3. The third-order valence-corrected chi connectivity index (χ3v) is 8.53. The number of para-hydroxylation sites is 3. The molecule has 0 amide bonds. The number of rotatable bonds is 3. The minimum atomic E-state index is 0.883. The van der Waals surface area contributed by atoms with Crippen molar-refractivity contribution in [3.63, 3.8) is 0 Å². The summed E-state index contributed by atoms with van der Waals surface area (Å²) in [6.07, 6.45) is 0. The molecule has 0 radical (unpaired) electrons. The summed E-state index contributed by atoms with van der Waals surface area (Å²) >= 11 is 0. The maximum Gasteiger partial charge on any atom is 0.0973 e. The molecule has 0 fully saturated rings. The Morgan fingerprint density at radius 1 is 0.372 bits per heavy atom. The van der Waals surface area contributed by atoms with E-state index in [1.54, 1.807) is 0 Å². The molecule has 2 aromatic heterocycles. The molecule has 7 aromatic carbocycles. The number of benzene rings is 7. The highest BCUT2D eigenvalue weighted by atomic mass is 15.0. The molecule has 0 saturated carbocycles. The highest BCUT2D eigenvalue weighted by Gasteiger charge is 2.16. The van der Waals surface area contributed by atoms with Gasteiger partial charge >= 0.3 is 0 Å². The Hall–Kier alpha value is -5.80. The van der Waals surface area contributed by atoms with Gasteiger partial charge < -0.3 is 4.57 Å². The molecule has 0 N–H and O–H groups in total. The Bertz CT molecular complexity index is 2500. The smallest absolute Gasteiger partial charge is 0.0973 e. The fraction of sp³-hybridized carbons (Fsp3) is 0. The van der Waals surface area contributed by atoms with E-state index >= 15 is 0 Å². The molecule has 2 heterocycles. The molecule has 9 rings (SSSR count). The van der Waals surface area contributed by atoms with Crippen LogP contribution in [0.15, 0.2) is 152 Å². The summed E-state index contributed by atoms with van der Waals surface area (Å²) in [4.78, 5) is 10.3. The molecule has 3 heteroatoms. The number of aromatic nitrogens is 3. The lowest BCUT2D eigenvalue weighted by Gasteiger charge is -2.13. The SMILES string of the molecule is c1ccc2cc(-c3nc4ccccc4nc3-c3ccc(-n4c5ccccc5c5cc6ccccc6cc54)cc3)ccc2c1. The lowest BCUT2D eigenvalue weighted by atomic mass is 10.0. The van der Waals surface area contributed by atoms with Gasteiger partial charge in [-0.1, -0.05) is 103 Å². The quantitative estimate of drug-likeness (QED) is 0.220. The molecular weight excluding hydrogens is 522 g/mol. The second-order valence-electron chi connectivity index (χ2n) is 11.1. The van der Waals surface area contributed by atoms with Crippen molar-refractivity contribution in [2.24, 2.45) is 0 Å². The number of hydrogen-bond acceptors (Lipinski definition) is 2. The van der Waals surface area contributed by atoms with Gasteiger partial charge in [0.15, 0.2) is 0 Å². The van der Waals surface area contributed by atoms with Crippen LogP contribution in [0.1, 0.15) is 0 Å². The molecule has 43 heavy (non-hydrogen) atoms. The minimum absolute atomic E-state index is 0.883. The molecular formula is C40H25N3. The lowest BCUT2D eigenvalue weighted by Crippen LogP contribution is -1.97. The van der Waals surface area contributed by atoms with E-state index in [-0.39, 0.29) is 0 Å². The average molecular weight is 548 g/mol. The summed E-state index contributed by atoms with van der Waals surface area (Å²) in [6, 6.07) is 53.7. The van der Waals surface area contributed by atoms with E-state index in [0.717, 1.165) is 39.2 Å². The van der Waals surface area contributed by atoms with E-state index in [4.69, 9.17) is 9.97 Å². The monoisotopic (exact) mass is 547 g/mol. The van der Waals surface area contributed by atoms with Crippen LogP contribution in [-0.2, 0) is 0 Å². The number of hydrogen-bond donors (Lipinski definition) is 0. The molecule has 0 aliphatic heterocycles. The summed E-state index contributed by atoms with van der Waals surface area (Å²) in [6.45, 7) is 0. The second kappa shape index (κ2) is 9.37. The maximum absolute atomic E-state index is 5.16. The first-order valence-corrected chi connectivity index (χ1v) is 14.6. The molecule has 9 aromatic rings. The largest absolute Gasteiger partial charge is 0.309 e. The van der Waals surface area contributed by atoms with Crippen LogP contribution in [0.2, 0.25) is 0 Å². The van der Waals surface area contributed by atoms with E-state index in [0.29, 0.717) is 0 Å². The van der Waals surface area contributed by atoms with Crippen LogP contribution >= 0.6 is 0 Å². The summed E-state index contributed by atoms with van der Waals surface area (Å²) in [5, 5.41) is 7.41. The Balaban J connectivity index is 1.24. The summed E-state index contributed by atoms with van der Waals surface area (Å²) in [5.41, 5.74) is 9.17. The first-order chi connectivity index (χ1) is 21.3. The van der Waals surface area contributed by atoms with Crippen molar-refractivity contribution in [2.45, 2.75) is 0 Å². The van der Waals surface area contributed by atoms with Gasteiger partial charge in [-0.15, -0.1) is 0 Å². The van der Waals surface area contributed by atoms with E-state index in [9.17, 15) is 0 Å². The van der Waals surface area contributed by atoms with Gasteiger partial charge in [0.05, 0.1) is 33.5 Å². The molecule has 0 aliphatic rings. The maximum atomic E-state index is 5.16. The van der Waals surface area contributed by atoms with Crippen molar-refractivity contribution < 1.29 is 0 Å². The summed E-state index contributed by atoms with van der Waals surface area (Å²) in [7, 11) is 0. The molecule has 0 atom stereocenters. The Morgan fingerprint density at radius 2 is 0.930 bits per heavy atom. The van der Waals surface area contributed by atoms with Crippen molar-refractivity contribution >= 4 is 54.4 Å². The number of fused-ring (bicyclic) bond motifs is 6. The van der Waals surface area contributed by atoms with E-state index in [2.05, 4.69) is 132 Å². The lowest BCUT2D eigenvalue weighted by molar-refractivity contribution is 1.18. The van der Waals surface area contributed by atoms with Gasteiger partial charge in [-0.25, -0.2) is 9.97 Å². The van der Waals surface area contributed by atoms with E-state index < -0.39 is 0 Å². The van der Waals surface area contributed by atoms with E-state index in [1.165, 1.54) is 43.4 Å². The van der Waals surface area contributed by atoms with Crippen LogP contribution in [0, 0.1) is 0 Å². The van der Waals surface area contributed by atoms with Gasteiger partial charge in [0.25, 0.3) is 0 Å². The predicted molar refractivity (Wildman–Crippen MR) is 180 cm³/mol. The third-order valence-electron chi connectivity index (χ3n) is 8.53. The van der Waals surface area contributed by atoms with Gasteiger partial charge in [0.2, 0.25) is 0 Å². The highest BCUT2D eigenvalue weighted by Crippen LogP contribution is 2.37. The van der Waals surface area contributed by atoms with Crippen molar-refractivity contribution in [3.05, 3.63) is 152 Å². The Labute approximate surface area is 248 Å². The first-order valence-electron chi connectivity index (χ1n) is 14.6. The van der Waals surface area contributed by atoms with Crippen molar-refractivity contribution in [2.75, 3.05) is 0 Å². The molecule has 0 bridgehead atoms. The standard InChI is InChI=1S/C40H25N3/c1-2-10-28-23-31(18-17-26(28)9-1)40-39(41-35-14-6-7-15-36(35)42-40)27-19-21-32(22-20-27)43-37-16-8-5-13-33(37)34-24-29-11-3-4-12-30(29)25-38(34)43/h1-25H. The first kappa shape index (κ1) is 23.9. The normalized spacial score (nSPS) is 11.7.